The smallest absolute Gasteiger partial charge is 0.312 e. The van der Waals surface area contributed by atoms with E-state index in [1.54, 1.807) is 11.3 Å². The van der Waals surface area contributed by atoms with Gasteiger partial charge in [-0.25, -0.2) is 4.98 Å². The average Bonchev–Trinajstić information content (AvgIpc) is 2.70. The van der Waals surface area contributed by atoms with Crippen molar-refractivity contribution in [2.24, 2.45) is 11.1 Å². The van der Waals surface area contributed by atoms with Crippen LogP contribution in [0.2, 0.25) is 0 Å². The summed E-state index contributed by atoms with van der Waals surface area (Å²) in [5, 5.41) is 0. The number of methoxy groups -OCH3 is 1. The Balaban J connectivity index is 2.65. The fourth-order valence-corrected chi connectivity index (χ4v) is 2.27. The van der Waals surface area contributed by atoms with Crippen molar-refractivity contribution >= 4 is 17.3 Å². The van der Waals surface area contributed by atoms with Gasteiger partial charge < -0.3 is 10.5 Å². The van der Waals surface area contributed by atoms with E-state index in [1.165, 1.54) is 12.0 Å². The van der Waals surface area contributed by atoms with Gasteiger partial charge in [0.05, 0.1) is 23.7 Å². The monoisotopic (exact) mass is 242 g/mol. The van der Waals surface area contributed by atoms with E-state index in [1.807, 2.05) is 19.4 Å². The summed E-state index contributed by atoms with van der Waals surface area (Å²) in [6.45, 7) is 4.12. The zero-order valence-corrected chi connectivity index (χ0v) is 10.8. The number of hydrogen-bond acceptors (Lipinski definition) is 5. The van der Waals surface area contributed by atoms with Gasteiger partial charge >= 0.3 is 5.97 Å². The molecule has 16 heavy (non-hydrogen) atoms. The molecule has 0 amide bonds. The quantitative estimate of drug-likeness (QED) is 0.795. The van der Waals surface area contributed by atoms with E-state index in [0.717, 1.165) is 12.1 Å². The Labute approximate surface area is 99.8 Å². The molecule has 0 spiro atoms. The molecule has 1 aromatic heterocycles. The van der Waals surface area contributed by atoms with Crippen LogP contribution in [0.3, 0.4) is 0 Å². The van der Waals surface area contributed by atoms with E-state index in [2.05, 4.69) is 4.98 Å². The van der Waals surface area contributed by atoms with Crippen molar-refractivity contribution in [1.82, 2.24) is 4.98 Å². The Hall–Kier alpha value is -0.940. The van der Waals surface area contributed by atoms with Crippen LogP contribution in [0.5, 0.6) is 0 Å². The molecule has 0 bridgehead atoms. The molecule has 90 valence electrons. The van der Waals surface area contributed by atoms with Crippen LogP contribution in [-0.2, 0) is 16.0 Å². The first-order valence-corrected chi connectivity index (χ1v) is 6.09. The average molecular weight is 242 g/mol. The molecule has 1 atom stereocenters. The second-order valence-corrected chi connectivity index (χ2v) is 5.06. The number of nitrogens with two attached hydrogens (primary N) is 1. The molecule has 0 aliphatic carbocycles. The molecule has 0 radical (unpaired) electrons. The molecule has 1 heterocycles. The lowest BCUT2D eigenvalue weighted by Gasteiger charge is -2.24. The van der Waals surface area contributed by atoms with Gasteiger partial charge in [-0.05, 0) is 26.7 Å². The molecule has 4 nitrogen and oxygen atoms in total. The summed E-state index contributed by atoms with van der Waals surface area (Å²) in [7, 11) is 1.40. The van der Waals surface area contributed by atoms with Gasteiger partial charge in [0, 0.05) is 11.4 Å². The maximum Gasteiger partial charge on any atom is 0.312 e. The molecule has 5 heteroatoms. The maximum atomic E-state index is 11.6. The Bertz CT molecular complexity index is 365. The number of carbonyl (C=O) groups is 1. The van der Waals surface area contributed by atoms with Crippen LogP contribution >= 0.6 is 11.3 Å². The lowest BCUT2D eigenvalue weighted by molar-refractivity contribution is -0.151. The number of ether oxygens (including phenoxy) is 1. The predicted octanol–water partition coefficient (Wildman–Crippen LogP) is 1.52. The Morgan fingerprint density at radius 2 is 2.38 bits per heavy atom. The van der Waals surface area contributed by atoms with Gasteiger partial charge in [-0.15, -0.1) is 11.3 Å². The van der Waals surface area contributed by atoms with Gasteiger partial charge in [-0.1, -0.05) is 0 Å². The van der Waals surface area contributed by atoms with Crippen LogP contribution in [0.15, 0.2) is 5.51 Å². The van der Waals surface area contributed by atoms with E-state index in [0.29, 0.717) is 13.0 Å². The minimum absolute atomic E-state index is 0.239. The Morgan fingerprint density at radius 3 is 2.81 bits per heavy atom. The summed E-state index contributed by atoms with van der Waals surface area (Å²) in [4.78, 5) is 17.0. The zero-order chi connectivity index (χ0) is 12.2. The van der Waals surface area contributed by atoms with E-state index in [-0.39, 0.29) is 5.97 Å². The molecule has 2 N–H and O–H groups in total. The lowest BCUT2D eigenvalue weighted by atomic mass is 9.85. The highest BCUT2D eigenvalue weighted by Crippen LogP contribution is 2.26. The third kappa shape index (κ3) is 2.80. The molecule has 0 fully saturated rings. The molecule has 0 aliphatic heterocycles. The standard InChI is InChI=1S/C11H18N2O2S/c1-8-9(16-7-13-8)4-5-11(2,6-12)10(14)15-3/h7H,4-6,12H2,1-3H3. The third-order valence-electron chi connectivity index (χ3n) is 2.88. The Kier molecular flexibility index (Phi) is 4.44. The van der Waals surface area contributed by atoms with Gasteiger partial charge in [0.15, 0.2) is 0 Å². The highest BCUT2D eigenvalue weighted by molar-refractivity contribution is 7.09. The van der Waals surface area contributed by atoms with Crippen LogP contribution in [0, 0.1) is 12.3 Å². The predicted molar refractivity (Wildman–Crippen MR) is 64.3 cm³/mol. The molecule has 0 aromatic carbocycles. The van der Waals surface area contributed by atoms with Crippen molar-refractivity contribution < 1.29 is 9.53 Å². The summed E-state index contributed by atoms with van der Waals surface area (Å²) in [5.74, 6) is -0.239. The number of rotatable bonds is 5. The number of aryl methyl sites for hydroxylation is 2. The fourth-order valence-electron chi connectivity index (χ4n) is 1.49. The van der Waals surface area contributed by atoms with Crippen LogP contribution in [-0.4, -0.2) is 24.6 Å². The summed E-state index contributed by atoms with van der Waals surface area (Å²) in [6.07, 6.45) is 1.51. The number of hydrogen-bond donors (Lipinski definition) is 1. The van der Waals surface area contributed by atoms with E-state index in [9.17, 15) is 4.79 Å². The van der Waals surface area contributed by atoms with Gasteiger partial charge in [0.2, 0.25) is 0 Å². The number of nitrogens with zero attached hydrogens (tertiary/aromatic N) is 1. The minimum atomic E-state index is -0.592. The summed E-state index contributed by atoms with van der Waals surface area (Å²) in [5.41, 5.74) is 7.91. The van der Waals surface area contributed by atoms with Crippen molar-refractivity contribution in [3.63, 3.8) is 0 Å². The van der Waals surface area contributed by atoms with Crippen LogP contribution in [0.4, 0.5) is 0 Å². The van der Waals surface area contributed by atoms with Gasteiger partial charge in [0.25, 0.3) is 0 Å². The molecule has 0 saturated heterocycles. The third-order valence-corrected chi connectivity index (χ3v) is 3.87. The number of thiazole rings is 1. The number of esters is 1. The summed E-state index contributed by atoms with van der Waals surface area (Å²) >= 11 is 1.62. The van der Waals surface area contributed by atoms with Crippen molar-refractivity contribution in [3.05, 3.63) is 16.1 Å². The summed E-state index contributed by atoms with van der Waals surface area (Å²) < 4.78 is 4.78. The molecular weight excluding hydrogens is 224 g/mol. The highest BCUT2D eigenvalue weighted by atomic mass is 32.1. The molecule has 1 aromatic rings. The molecule has 0 aliphatic rings. The lowest BCUT2D eigenvalue weighted by Crippen LogP contribution is -2.37. The van der Waals surface area contributed by atoms with E-state index >= 15 is 0 Å². The zero-order valence-electron chi connectivity index (χ0n) is 9.95. The number of aromatic nitrogens is 1. The SMILES string of the molecule is COC(=O)C(C)(CN)CCc1scnc1C. The fraction of sp³-hybridized carbons (Fsp3) is 0.636. The van der Waals surface area contributed by atoms with Crippen molar-refractivity contribution in [2.75, 3.05) is 13.7 Å². The van der Waals surface area contributed by atoms with Crippen molar-refractivity contribution in [2.45, 2.75) is 26.7 Å². The first-order valence-electron chi connectivity index (χ1n) is 5.21. The summed E-state index contributed by atoms with van der Waals surface area (Å²) in [6, 6.07) is 0. The highest BCUT2D eigenvalue weighted by Gasteiger charge is 2.32. The normalized spacial score (nSPS) is 14.5. The molecule has 0 saturated carbocycles. The first kappa shape index (κ1) is 13.1. The largest absolute Gasteiger partial charge is 0.469 e. The Morgan fingerprint density at radius 1 is 1.69 bits per heavy atom. The maximum absolute atomic E-state index is 11.6. The van der Waals surface area contributed by atoms with Crippen LogP contribution in [0.1, 0.15) is 23.9 Å². The number of carbonyl (C=O) groups excluding carboxylic acids is 1. The molecular formula is C11H18N2O2S. The first-order chi connectivity index (χ1) is 7.53. The second-order valence-electron chi connectivity index (χ2n) is 4.12. The van der Waals surface area contributed by atoms with Gasteiger partial charge in [0.1, 0.15) is 0 Å². The molecule has 1 unspecified atom stereocenters. The van der Waals surface area contributed by atoms with E-state index < -0.39 is 5.41 Å². The van der Waals surface area contributed by atoms with Crippen molar-refractivity contribution in [1.29, 1.82) is 0 Å². The molecule has 1 rings (SSSR count). The second kappa shape index (κ2) is 5.41. The van der Waals surface area contributed by atoms with Crippen LogP contribution < -0.4 is 5.73 Å². The van der Waals surface area contributed by atoms with Gasteiger partial charge in [-0.3, -0.25) is 4.79 Å². The van der Waals surface area contributed by atoms with E-state index in [4.69, 9.17) is 10.5 Å². The minimum Gasteiger partial charge on any atom is -0.469 e. The topological polar surface area (TPSA) is 65.2 Å². The van der Waals surface area contributed by atoms with Gasteiger partial charge in [-0.2, -0.15) is 0 Å². The van der Waals surface area contributed by atoms with Crippen LogP contribution in [0.25, 0.3) is 0 Å². The van der Waals surface area contributed by atoms with Crippen molar-refractivity contribution in [3.8, 4) is 0 Å².